The number of nitrogens with two attached hydrogens (primary N) is 2. The van der Waals surface area contributed by atoms with Gasteiger partial charge < -0.3 is 16.2 Å². The van der Waals surface area contributed by atoms with Crippen molar-refractivity contribution in [3.05, 3.63) is 72.0 Å². The lowest BCUT2D eigenvalue weighted by molar-refractivity contribution is 0.482. The minimum absolute atomic E-state index is 0.146. The van der Waals surface area contributed by atoms with Crippen LogP contribution >= 0.6 is 0 Å². The van der Waals surface area contributed by atoms with E-state index in [4.69, 9.17) is 16.2 Å². The number of para-hydroxylation sites is 1. The Balaban J connectivity index is 1.84. The van der Waals surface area contributed by atoms with E-state index in [9.17, 15) is 4.39 Å². The van der Waals surface area contributed by atoms with Crippen LogP contribution in [-0.2, 0) is 0 Å². The minimum atomic E-state index is -0.309. The Labute approximate surface area is 155 Å². The fraction of sp³-hybridized carbons (Fsp3) is 0.0476. The van der Waals surface area contributed by atoms with Crippen molar-refractivity contribution in [2.75, 3.05) is 11.5 Å². The van der Waals surface area contributed by atoms with E-state index in [1.807, 2.05) is 43.3 Å². The molecule has 0 spiro atoms. The van der Waals surface area contributed by atoms with E-state index in [1.54, 1.807) is 12.1 Å². The highest BCUT2D eigenvalue weighted by molar-refractivity contribution is 5.97. The summed E-state index contributed by atoms with van der Waals surface area (Å²) in [6, 6.07) is 17.4. The molecule has 4 aromatic rings. The number of benzene rings is 3. The highest BCUT2D eigenvalue weighted by Gasteiger charge is 2.14. The predicted molar refractivity (Wildman–Crippen MR) is 105 cm³/mol. The topological polar surface area (TPSA) is 87.0 Å². The van der Waals surface area contributed by atoms with Gasteiger partial charge in [-0.1, -0.05) is 24.3 Å². The van der Waals surface area contributed by atoms with E-state index >= 15 is 0 Å². The molecule has 1 aromatic heterocycles. The number of nitrogen functional groups attached to an aromatic ring is 2. The molecule has 4 N–H and O–H groups in total. The monoisotopic (exact) mass is 360 g/mol. The standard InChI is InChI=1S/C21H17FN4O/c1-12-15(10-11-17-19(12)20(23)26-21(24)25-17)16-4-2-3-5-18(16)27-14-8-6-13(22)7-9-14/h2-11H,1H3,(H4,23,24,25,26). The summed E-state index contributed by atoms with van der Waals surface area (Å²) in [6.07, 6.45) is 0. The molecule has 0 atom stereocenters. The summed E-state index contributed by atoms with van der Waals surface area (Å²) in [5, 5.41) is 0.762. The van der Waals surface area contributed by atoms with E-state index < -0.39 is 0 Å². The Morgan fingerprint density at radius 3 is 2.37 bits per heavy atom. The number of nitrogens with zero attached hydrogens (tertiary/aromatic N) is 2. The molecule has 0 saturated carbocycles. The number of rotatable bonds is 3. The summed E-state index contributed by atoms with van der Waals surface area (Å²) in [7, 11) is 0. The fourth-order valence-electron chi connectivity index (χ4n) is 3.14. The zero-order valence-electron chi connectivity index (χ0n) is 14.6. The first kappa shape index (κ1) is 16.8. The summed E-state index contributed by atoms with van der Waals surface area (Å²) in [5.74, 6) is 1.39. The molecule has 0 aliphatic heterocycles. The number of hydrogen-bond donors (Lipinski definition) is 2. The fourth-order valence-corrected chi connectivity index (χ4v) is 3.14. The third kappa shape index (κ3) is 3.13. The van der Waals surface area contributed by atoms with Crippen LogP contribution in [0.15, 0.2) is 60.7 Å². The number of ether oxygens (including phenoxy) is 1. The molecule has 3 aromatic carbocycles. The van der Waals surface area contributed by atoms with Gasteiger partial charge in [-0.05, 0) is 54.4 Å². The van der Waals surface area contributed by atoms with Crippen molar-refractivity contribution >= 4 is 22.7 Å². The zero-order chi connectivity index (χ0) is 19.0. The van der Waals surface area contributed by atoms with Gasteiger partial charge in [0, 0.05) is 10.9 Å². The molecule has 0 radical (unpaired) electrons. The lowest BCUT2D eigenvalue weighted by Gasteiger charge is -2.15. The molecule has 0 bridgehead atoms. The van der Waals surface area contributed by atoms with Crippen LogP contribution in [0, 0.1) is 12.7 Å². The molecule has 0 saturated heterocycles. The average Bonchev–Trinajstić information content (AvgIpc) is 2.64. The molecule has 134 valence electrons. The third-order valence-corrected chi connectivity index (χ3v) is 4.39. The van der Waals surface area contributed by atoms with E-state index in [0.29, 0.717) is 22.8 Å². The highest BCUT2D eigenvalue weighted by Crippen LogP contribution is 2.38. The SMILES string of the molecule is Cc1c(-c2ccccc2Oc2ccc(F)cc2)ccc2nc(N)nc(N)c12. The number of fused-ring (bicyclic) bond motifs is 1. The quantitative estimate of drug-likeness (QED) is 0.553. The van der Waals surface area contributed by atoms with Gasteiger partial charge in [0.05, 0.1) is 5.52 Å². The molecule has 0 fully saturated rings. The first-order chi connectivity index (χ1) is 13.0. The maximum absolute atomic E-state index is 13.1. The Bertz CT molecular complexity index is 1140. The smallest absolute Gasteiger partial charge is 0.222 e. The molecule has 0 amide bonds. The van der Waals surface area contributed by atoms with E-state index in [1.165, 1.54) is 12.1 Å². The molecular weight excluding hydrogens is 343 g/mol. The first-order valence-corrected chi connectivity index (χ1v) is 8.38. The maximum Gasteiger partial charge on any atom is 0.222 e. The summed E-state index contributed by atoms with van der Waals surface area (Å²) in [4.78, 5) is 8.32. The van der Waals surface area contributed by atoms with Gasteiger partial charge in [-0.3, -0.25) is 0 Å². The van der Waals surface area contributed by atoms with Crippen molar-refractivity contribution < 1.29 is 9.13 Å². The second kappa shape index (κ2) is 6.57. The van der Waals surface area contributed by atoms with E-state index in [-0.39, 0.29) is 11.8 Å². The first-order valence-electron chi connectivity index (χ1n) is 8.38. The third-order valence-electron chi connectivity index (χ3n) is 4.39. The van der Waals surface area contributed by atoms with Gasteiger partial charge in [-0.15, -0.1) is 0 Å². The van der Waals surface area contributed by atoms with Crippen molar-refractivity contribution in [1.29, 1.82) is 0 Å². The number of aromatic nitrogens is 2. The molecule has 0 aliphatic carbocycles. The zero-order valence-corrected chi connectivity index (χ0v) is 14.6. The van der Waals surface area contributed by atoms with E-state index in [0.717, 1.165) is 22.1 Å². The maximum atomic E-state index is 13.1. The van der Waals surface area contributed by atoms with Gasteiger partial charge in [0.2, 0.25) is 5.95 Å². The van der Waals surface area contributed by atoms with Gasteiger partial charge in [-0.25, -0.2) is 9.37 Å². The van der Waals surface area contributed by atoms with Crippen LogP contribution in [0.25, 0.3) is 22.0 Å². The largest absolute Gasteiger partial charge is 0.457 e. The minimum Gasteiger partial charge on any atom is -0.457 e. The Morgan fingerprint density at radius 1 is 0.852 bits per heavy atom. The van der Waals surface area contributed by atoms with E-state index in [2.05, 4.69) is 9.97 Å². The lowest BCUT2D eigenvalue weighted by atomic mass is 9.96. The van der Waals surface area contributed by atoms with Gasteiger partial charge in [0.25, 0.3) is 0 Å². The van der Waals surface area contributed by atoms with Crippen molar-refractivity contribution in [3.63, 3.8) is 0 Å². The van der Waals surface area contributed by atoms with Crippen molar-refractivity contribution in [2.45, 2.75) is 6.92 Å². The molecule has 27 heavy (non-hydrogen) atoms. The number of hydrogen-bond acceptors (Lipinski definition) is 5. The van der Waals surface area contributed by atoms with Gasteiger partial charge >= 0.3 is 0 Å². The number of anilines is 2. The van der Waals surface area contributed by atoms with Crippen LogP contribution in [0.3, 0.4) is 0 Å². The lowest BCUT2D eigenvalue weighted by Crippen LogP contribution is -2.02. The average molecular weight is 360 g/mol. The van der Waals surface area contributed by atoms with Crippen LogP contribution < -0.4 is 16.2 Å². The number of halogens is 1. The molecule has 1 heterocycles. The molecule has 5 nitrogen and oxygen atoms in total. The summed E-state index contributed by atoms with van der Waals surface area (Å²) in [6.45, 7) is 1.96. The van der Waals surface area contributed by atoms with Crippen LogP contribution in [0.5, 0.6) is 11.5 Å². The second-order valence-corrected chi connectivity index (χ2v) is 6.15. The molecule has 6 heteroatoms. The summed E-state index contributed by atoms with van der Waals surface area (Å²) < 4.78 is 19.1. The van der Waals surface area contributed by atoms with Crippen molar-refractivity contribution in [3.8, 4) is 22.6 Å². The highest BCUT2D eigenvalue weighted by atomic mass is 19.1. The Morgan fingerprint density at radius 2 is 1.59 bits per heavy atom. The van der Waals surface area contributed by atoms with Crippen LogP contribution in [-0.4, -0.2) is 9.97 Å². The van der Waals surface area contributed by atoms with Gasteiger partial charge in [0.1, 0.15) is 23.1 Å². The predicted octanol–water partition coefficient (Wildman–Crippen LogP) is 4.70. The molecule has 0 aliphatic rings. The number of aryl methyl sites for hydroxylation is 1. The Kier molecular flexibility index (Phi) is 4.08. The molecule has 0 unspecified atom stereocenters. The molecule has 4 rings (SSSR count). The van der Waals surface area contributed by atoms with Crippen LogP contribution in [0.4, 0.5) is 16.2 Å². The summed E-state index contributed by atoms with van der Waals surface area (Å²) in [5.41, 5.74) is 15.2. The Hall–Kier alpha value is -3.67. The second-order valence-electron chi connectivity index (χ2n) is 6.15. The van der Waals surface area contributed by atoms with Crippen LogP contribution in [0.1, 0.15) is 5.56 Å². The normalized spacial score (nSPS) is 10.9. The summed E-state index contributed by atoms with van der Waals surface area (Å²) >= 11 is 0. The van der Waals surface area contributed by atoms with Gasteiger partial charge in [0.15, 0.2) is 0 Å². The van der Waals surface area contributed by atoms with Crippen LogP contribution in [0.2, 0.25) is 0 Å². The van der Waals surface area contributed by atoms with Crippen molar-refractivity contribution in [1.82, 2.24) is 9.97 Å². The van der Waals surface area contributed by atoms with Gasteiger partial charge in [-0.2, -0.15) is 4.98 Å². The molecular formula is C21H17FN4O. The van der Waals surface area contributed by atoms with Crippen molar-refractivity contribution in [2.24, 2.45) is 0 Å².